The van der Waals surface area contributed by atoms with Crippen LogP contribution in [-0.4, -0.2) is 23.3 Å². The molecule has 0 aromatic heterocycles. The lowest BCUT2D eigenvalue weighted by molar-refractivity contribution is -0.122. The third-order valence-corrected chi connectivity index (χ3v) is 0. The highest BCUT2D eigenvalue weighted by Gasteiger charge is 1.34. The van der Waals surface area contributed by atoms with E-state index in [1.165, 1.54) is 0 Å². The summed E-state index contributed by atoms with van der Waals surface area (Å²) in [7, 11) is 0. The molecule has 0 heterocycles. The molecule has 3 heteroatoms. The first kappa shape index (κ1) is 9.06. The van der Waals surface area contributed by atoms with Gasteiger partial charge < -0.3 is 10.2 Å². The molecule has 0 unspecified atom stereocenters. The lowest BCUT2D eigenvalue weighted by atomic mass is 10.9. The molecule has 0 atom stereocenters. The first-order chi connectivity index (χ1) is 2.83. The van der Waals surface area contributed by atoms with Crippen LogP contribution in [0.4, 0.5) is 0 Å². The summed E-state index contributed by atoms with van der Waals surface area (Å²) in [6, 6.07) is 0. The Morgan fingerprint density at radius 2 is 1.83 bits per heavy atom. The van der Waals surface area contributed by atoms with Crippen LogP contribution in [0.1, 0.15) is 6.92 Å². The van der Waals surface area contributed by atoms with E-state index in [-0.39, 0.29) is 13.1 Å². The van der Waals surface area contributed by atoms with Gasteiger partial charge in [0.05, 0.1) is 0 Å². The summed E-state index contributed by atoms with van der Waals surface area (Å²) in [5, 5.41) is 14.5. The van der Waals surface area contributed by atoms with Crippen molar-refractivity contribution in [1.29, 1.82) is 0 Å². The molecule has 0 aromatic carbocycles. The van der Waals surface area contributed by atoms with Crippen molar-refractivity contribution in [3.8, 4) is 0 Å². The Labute approximate surface area is 36.2 Å². The molecule has 2 N–H and O–H groups in total. The highest BCUT2D eigenvalue weighted by Crippen LogP contribution is 1.30. The van der Waals surface area contributed by atoms with Gasteiger partial charge in [0.15, 0.2) is 0 Å². The lowest BCUT2D eigenvalue weighted by Crippen LogP contribution is -1.57. The van der Waals surface area contributed by atoms with Crippen molar-refractivity contribution in [3.63, 3.8) is 0 Å². The molecule has 0 bridgehead atoms. The highest BCUT2D eigenvalue weighted by atomic mass is 16.3. The zero-order valence-corrected chi connectivity index (χ0v) is 3.59. The van der Waals surface area contributed by atoms with Crippen LogP contribution in [0.2, 0.25) is 0 Å². The normalized spacial score (nSPS) is 5.00. The van der Waals surface area contributed by atoms with Crippen molar-refractivity contribution in [2.75, 3.05) is 6.61 Å². The first-order valence-corrected chi connectivity index (χ1v) is 1.52. The van der Waals surface area contributed by atoms with Crippen LogP contribution in [0, 0.1) is 0 Å². The summed E-state index contributed by atoms with van der Waals surface area (Å²) in [5.74, 6) is 0. The van der Waals surface area contributed by atoms with Gasteiger partial charge in [0.2, 0.25) is 0 Å². The highest BCUT2D eigenvalue weighted by molar-refractivity contribution is 5.32. The van der Waals surface area contributed by atoms with Crippen LogP contribution in [-0.2, 0) is 4.79 Å². The van der Waals surface area contributed by atoms with E-state index in [1.807, 2.05) is 0 Å². The van der Waals surface area contributed by atoms with Crippen molar-refractivity contribution < 1.29 is 15.0 Å². The molecule has 0 fully saturated rings. The molecule has 0 aliphatic heterocycles. The maximum atomic E-state index is 8.36. The van der Waals surface area contributed by atoms with Gasteiger partial charge in [-0.15, -0.1) is 0 Å². The van der Waals surface area contributed by atoms with E-state index in [9.17, 15) is 0 Å². The average Bonchev–Trinajstić information content (AvgIpc) is 1.39. The Morgan fingerprint density at radius 3 is 1.83 bits per heavy atom. The largest absolute Gasteiger partial charge is 0.483 e. The second-order valence-corrected chi connectivity index (χ2v) is 0.422. The molecule has 0 spiro atoms. The summed E-state index contributed by atoms with van der Waals surface area (Å²) < 4.78 is 0. The molecular formula is C3H8O3. The minimum Gasteiger partial charge on any atom is -0.483 e. The summed E-state index contributed by atoms with van der Waals surface area (Å²) in [6.07, 6.45) is 0. The zero-order valence-electron chi connectivity index (χ0n) is 3.59. The molecule has 0 amide bonds. The third-order valence-electron chi connectivity index (χ3n) is 0. The van der Waals surface area contributed by atoms with Crippen LogP contribution in [0.25, 0.3) is 0 Å². The van der Waals surface area contributed by atoms with Gasteiger partial charge in [-0.05, 0) is 6.92 Å². The van der Waals surface area contributed by atoms with Gasteiger partial charge in [0, 0.05) is 6.61 Å². The second kappa shape index (κ2) is 25.5. The van der Waals surface area contributed by atoms with E-state index in [4.69, 9.17) is 15.0 Å². The summed E-state index contributed by atoms with van der Waals surface area (Å²) in [4.78, 5) is 8.36. The van der Waals surface area contributed by atoms with E-state index < -0.39 is 0 Å². The fourth-order valence-corrected chi connectivity index (χ4v) is 0. The minimum absolute atomic E-state index is 0.250. The molecule has 0 rings (SSSR count). The Hall–Kier alpha value is -0.570. The van der Waals surface area contributed by atoms with Crippen LogP contribution in [0.3, 0.4) is 0 Å². The fraction of sp³-hybridized carbons (Fsp3) is 0.667. The van der Waals surface area contributed by atoms with E-state index >= 15 is 0 Å². The predicted molar refractivity (Wildman–Crippen MR) is 21.5 cm³/mol. The molecule has 0 aromatic rings. The number of aliphatic hydroxyl groups excluding tert-OH is 1. The molecular weight excluding hydrogens is 84.0 g/mol. The average molecular weight is 92.1 g/mol. The van der Waals surface area contributed by atoms with E-state index in [0.717, 1.165) is 0 Å². The molecule has 0 saturated carbocycles. The number of hydrogen-bond acceptors (Lipinski definition) is 2. The summed E-state index contributed by atoms with van der Waals surface area (Å²) in [6.45, 7) is 1.68. The van der Waals surface area contributed by atoms with Gasteiger partial charge in [0.1, 0.15) is 0 Å². The third kappa shape index (κ3) is 62.3. The Morgan fingerprint density at radius 1 is 1.83 bits per heavy atom. The topological polar surface area (TPSA) is 57.5 Å². The van der Waals surface area contributed by atoms with Gasteiger partial charge >= 0.3 is 0 Å². The number of carboxylic acid groups (broad SMARTS) is 1. The quantitative estimate of drug-likeness (QED) is 0.403. The van der Waals surface area contributed by atoms with Crippen LogP contribution < -0.4 is 0 Å². The zero-order chi connectivity index (χ0) is 5.41. The van der Waals surface area contributed by atoms with Crippen molar-refractivity contribution in [1.82, 2.24) is 0 Å². The van der Waals surface area contributed by atoms with Gasteiger partial charge in [0.25, 0.3) is 6.47 Å². The Kier molecular flexibility index (Phi) is 38.5. The SMILES string of the molecule is CCO.O=CO. The van der Waals surface area contributed by atoms with Crippen LogP contribution >= 0.6 is 0 Å². The number of rotatable bonds is 0. The summed E-state index contributed by atoms with van der Waals surface area (Å²) >= 11 is 0. The van der Waals surface area contributed by atoms with Crippen molar-refractivity contribution in [2.24, 2.45) is 0 Å². The van der Waals surface area contributed by atoms with Crippen molar-refractivity contribution in [2.45, 2.75) is 6.92 Å². The van der Waals surface area contributed by atoms with Crippen molar-refractivity contribution in [3.05, 3.63) is 0 Å². The maximum Gasteiger partial charge on any atom is 0.290 e. The second-order valence-electron chi connectivity index (χ2n) is 0.422. The van der Waals surface area contributed by atoms with E-state index in [2.05, 4.69) is 0 Å². The Bertz CT molecular complexity index is 20.0. The number of carbonyl (C=O) groups is 1. The van der Waals surface area contributed by atoms with Gasteiger partial charge in [-0.1, -0.05) is 0 Å². The molecule has 0 radical (unpaired) electrons. The van der Waals surface area contributed by atoms with Crippen LogP contribution in [0.15, 0.2) is 0 Å². The van der Waals surface area contributed by atoms with Gasteiger partial charge in [-0.2, -0.15) is 0 Å². The molecule has 3 nitrogen and oxygen atoms in total. The van der Waals surface area contributed by atoms with E-state index in [1.54, 1.807) is 6.92 Å². The number of hydrogen-bond donors (Lipinski definition) is 2. The van der Waals surface area contributed by atoms with Gasteiger partial charge in [-0.3, -0.25) is 4.79 Å². The summed E-state index contributed by atoms with van der Waals surface area (Å²) in [5.41, 5.74) is 0. The maximum absolute atomic E-state index is 8.36. The minimum atomic E-state index is -0.250. The standard InChI is InChI=1S/C2H6O.CH2O2/c1-2-3;2-1-3/h3H,2H2,1H3;1H,(H,2,3). The lowest BCUT2D eigenvalue weighted by Gasteiger charge is -1.52. The van der Waals surface area contributed by atoms with E-state index in [0.29, 0.717) is 0 Å². The predicted octanol–water partition coefficient (Wildman–Crippen LogP) is -0.301. The van der Waals surface area contributed by atoms with Gasteiger partial charge in [-0.25, -0.2) is 0 Å². The van der Waals surface area contributed by atoms with Crippen LogP contribution in [0.5, 0.6) is 0 Å². The Balaban J connectivity index is 0. The molecule has 0 saturated heterocycles. The number of aliphatic hydroxyl groups is 1. The first-order valence-electron chi connectivity index (χ1n) is 1.52. The fourth-order valence-electron chi connectivity index (χ4n) is 0. The molecule has 0 aliphatic carbocycles. The molecule has 6 heavy (non-hydrogen) atoms. The monoisotopic (exact) mass is 92.0 g/mol. The smallest absolute Gasteiger partial charge is 0.290 e. The van der Waals surface area contributed by atoms with Crippen molar-refractivity contribution >= 4 is 6.47 Å². The molecule has 38 valence electrons. The molecule has 0 aliphatic rings.